The molecule has 2 aromatic rings. The van der Waals surface area contributed by atoms with Crippen molar-refractivity contribution in [3.8, 4) is 5.75 Å². The van der Waals surface area contributed by atoms with Gasteiger partial charge in [0.1, 0.15) is 11.5 Å². The molecule has 0 amide bonds. The van der Waals surface area contributed by atoms with Gasteiger partial charge in [-0.3, -0.25) is 9.48 Å². The van der Waals surface area contributed by atoms with Gasteiger partial charge in [0.05, 0.1) is 19.1 Å². The van der Waals surface area contributed by atoms with Crippen LogP contribution >= 0.6 is 11.8 Å². The van der Waals surface area contributed by atoms with Crippen LogP contribution in [0.1, 0.15) is 30.4 Å². The standard InChI is InChI=1S/C15H17FN2O2S/c1-10(2)18-15(13(20-3)8-17-18)12(19)9-21-14-7-5-4-6-11(14)16/h4-8,10H,9H2,1-3H3. The summed E-state index contributed by atoms with van der Waals surface area (Å²) in [6, 6.07) is 6.45. The molecular formula is C15H17FN2O2S. The fourth-order valence-electron chi connectivity index (χ4n) is 1.93. The van der Waals surface area contributed by atoms with Gasteiger partial charge in [0, 0.05) is 10.9 Å². The predicted molar refractivity (Wildman–Crippen MR) is 80.6 cm³/mol. The minimum atomic E-state index is -0.320. The lowest BCUT2D eigenvalue weighted by Gasteiger charge is -2.11. The van der Waals surface area contributed by atoms with Crippen LogP contribution in [0.25, 0.3) is 0 Å². The maximum absolute atomic E-state index is 13.6. The topological polar surface area (TPSA) is 44.1 Å². The van der Waals surface area contributed by atoms with E-state index in [9.17, 15) is 9.18 Å². The Morgan fingerprint density at radius 2 is 2.14 bits per heavy atom. The molecule has 0 aliphatic carbocycles. The molecule has 0 bridgehead atoms. The Morgan fingerprint density at radius 1 is 1.43 bits per heavy atom. The monoisotopic (exact) mass is 308 g/mol. The summed E-state index contributed by atoms with van der Waals surface area (Å²) in [5, 5.41) is 4.17. The Balaban J connectivity index is 2.17. The molecule has 4 nitrogen and oxygen atoms in total. The van der Waals surface area contributed by atoms with Gasteiger partial charge in [-0.25, -0.2) is 4.39 Å². The van der Waals surface area contributed by atoms with E-state index >= 15 is 0 Å². The molecule has 0 aliphatic heterocycles. The average Bonchev–Trinajstić information content (AvgIpc) is 2.90. The molecule has 0 spiro atoms. The zero-order valence-electron chi connectivity index (χ0n) is 12.2. The maximum atomic E-state index is 13.6. The molecule has 0 saturated heterocycles. The first-order valence-corrected chi connectivity index (χ1v) is 7.55. The Kier molecular flexibility index (Phi) is 5.01. The van der Waals surface area contributed by atoms with E-state index in [1.54, 1.807) is 22.9 Å². The van der Waals surface area contributed by atoms with Gasteiger partial charge in [-0.1, -0.05) is 12.1 Å². The van der Waals surface area contributed by atoms with Crippen molar-refractivity contribution >= 4 is 17.5 Å². The fourth-order valence-corrected chi connectivity index (χ4v) is 2.73. The van der Waals surface area contributed by atoms with Crippen LogP contribution in [0.3, 0.4) is 0 Å². The summed E-state index contributed by atoms with van der Waals surface area (Å²) >= 11 is 1.17. The Morgan fingerprint density at radius 3 is 2.76 bits per heavy atom. The van der Waals surface area contributed by atoms with Gasteiger partial charge in [0.2, 0.25) is 0 Å². The van der Waals surface area contributed by atoms with Gasteiger partial charge in [0.15, 0.2) is 11.5 Å². The lowest BCUT2D eigenvalue weighted by atomic mass is 10.2. The maximum Gasteiger partial charge on any atom is 0.194 e. The quantitative estimate of drug-likeness (QED) is 0.604. The highest BCUT2D eigenvalue weighted by molar-refractivity contribution is 8.00. The number of aromatic nitrogens is 2. The van der Waals surface area contributed by atoms with Crippen LogP contribution in [0.2, 0.25) is 0 Å². The zero-order valence-corrected chi connectivity index (χ0v) is 13.0. The van der Waals surface area contributed by atoms with E-state index in [1.807, 2.05) is 13.8 Å². The molecule has 2 rings (SSSR count). The second kappa shape index (κ2) is 6.76. The number of halogens is 1. The van der Waals surface area contributed by atoms with Crippen molar-refractivity contribution in [3.05, 3.63) is 42.0 Å². The van der Waals surface area contributed by atoms with Crippen molar-refractivity contribution in [3.63, 3.8) is 0 Å². The van der Waals surface area contributed by atoms with Crippen LogP contribution in [0.5, 0.6) is 5.75 Å². The number of carbonyl (C=O) groups excluding carboxylic acids is 1. The summed E-state index contributed by atoms with van der Waals surface area (Å²) in [5.74, 6) is 0.129. The third kappa shape index (κ3) is 3.44. The number of hydrogen-bond acceptors (Lipinski definition) is 4. The Hall–Kier alpha value is -1.82. The lowest BCUT2D eigenvalue weighted by molar-refractivity contribution is 0.100. The molecular weight excluding hydrogens is 291 g/mol. The molecule has 0 unspecified atom stereocenters. The molecule has 1 aromatic heterocycles. The molecule has 0 aliphatic rings. The fraction of sp³-hybridized carbons (Fsp3) is 0.333. The first-order chi connectivity index (χ1) is 10.0. The first-order valence-electron chi connectivity index (χ1n) is 6.56. The van der Waals surface area contributed by atoms with E-state index in [0.717, 1.165) is 0 Å². The zero-order chi connectivity index (χ0) is 15.4. The van der Waals surface area contributed by atoms with E-state index in [0.29, 0.717) is 16.3 Å². The number of carbonyl (C=O) groups is 1. The van der Waals surface area contributed by atoms with Gasteiger partial charge < -0.3 is 4.74 Å². The summed E-state index contributed by atoms with van der Waals surface area (Å²) in [6.07, 6.45) is 1.53. The molecule has 1 heterocycles. The van der Waals surface area contributed by atoms with E-state index < -0.39 is 0 Å². The van der Waals surface area contributed by atoms with Gasteiger partial charge in [-0.05, 0) is 26.0 Å². The summed E-state index contributed by atoms with van der Waals surface area (Å²) in [4.78, 5) is 12.9. The van der Waals surface area contributed by atoms with Crippen molar-refractivity contribution in [1.29, 1.82) is 0 Å². The van der Waals surface area contributed by atoms with Gasteiger partial charge >= 0.3 is 0 Å². The smallest absolute Gasteiger partial charge is 0.194 e. The number of methoxy groups -OCH3 is 1. The van der Waals surface area contributed by atoms with Crippen LogP contribution in [-0.2, 0) is 0 Å². The predicted octanol–water partition coefficient (Wildman–Crippen LogP) is 3.59. The normalized spacial score (nSPS) is 10.9. The molecule has 1 aromatic carbocycles. The number of ether oxygens (including phenoxy) is 1. The van der Waals surface area contributed by atoms with Crippen molar-refractivity contribution in [2.24, 2.45) is 0 Å². The third-order valence-electron chi connectivity index (χ3n) is 2.93. The Labute approximate surface area is 127 Å². The highest BCUT2D eigenvalue weighted by Gasteiger charge is 2.21. The molecule has 112 valence electrons. The number of benzene rings is 1. The van der Waals surface area contributed by atoms with Crippen LogP contribution in [-0.4, -0.2) is 28.4 Å². The largest absolute Gasteiger partial charge is 0.493 e. The van der Waals surface area contributed by atoms with Gasteiger partial charge in [-0.2, -0.15) is 5.10 Å². The number of rotatable bonds is 6. The summed E-state index contributed by atoms with van der Waals surface area (Å²) in [7, 11) is 1.50. The van der Waals surface area contributed by atoms with Crippen molar-refractivity contribution in [2.45, 2.75) is 24.8 Å². The molecule has 0 radical (unpaired) electrons. The van der Waals surface area contributed by atoms with E-state index in [1.165, 1.54) is 31.1 Å². The first kappa shape index (κ1) is 15.6. The molecule has 21 heavy (non-hydrogen) atoms. The molecule has 0 saturated carbocycles. The number of ketones is 1. The SMILES string of the molecule is COc1cnn(C(C)C)c1C(=O)CSc1ccccc1F. The number of hydrogen-bond donors (Lipinski definition) is 0. The van der Waals surface area contributed by atoms with Gasteiger partial charge in [-0.15, -0.1) is 11.8 Å². The molecule has 0 N–H and O–H groups in total. The van der Waals surface area contributed by atoms with Crippen molar-refractivity contribution < 1.29 is 13.9 Å². The summed E-state index contributed by atoms with van der Waals surface area (Å²) in [5.41, 5.74) is 0.427. The van der Waals surface area contributed by atoms with Crippen LogP contribution in [0, 0.1) is 5.82 Å². The van der Waals surface area contributed by atoms with Crippen molar-refractivity contribution in [1.82, 2.24) is 9.78 Å². The second-order valence-electron chi connectivity index (χ2n) is 4.74. The van der Waals surface area contributed by atoms with Crippen molar-refractivity contribution in [2.75, 3.05) is 12.9 Å². The number of Topliss-reactive ketones (excluding diaryl/α,β-unsaturated/α-hetero) is 1. The van der Waals surface area contributed by atoms with Gasteiger partial charge in [0.25, 0.3) is 0 Å². The van der Waals surface area contributed by atoms with E-state index in [2.05, 4.69) is 5.10 Å². The van der Waals surface area contributed by atoms with Crippen LogP contribution < -0.4 is 4.74 Å². The average molecular weight is 308 g/mol. The molecule has 0 atom stereocenters. The minimum Gasteiger partial charge on any atom is -0.493 e. The Bertz CT molecular complexity index is 640. The lowest BCUT2D eigenvalue weighted by Crippen LogP contribution is -2.15. The van der Waals surface area contributed by atoms with E-state index in [-0.39, 0.29) is 23.4 Å². The highest BCUT2D eigenvalue weighted by Crippen LogP contribution is 2.26. The van der Waals surface area contributed by atoms with Crippen LogP contribution in [0.15, 0.2) is 35.4 Å². The minimum absolute atomic E-state index is 0.0475. The number of nitrogens with zero attached hydrogens (tertiary/aromatic N) is 2. The highest BCUT2D eigenvalue weighted by atomic mass is 32.2. The van der Waals surface area contributed by atoms with E-state index in [4.69, 9.17) is 4.74 Å². The third-order valence-corrected chi connectivity index (χ3v) is 3.98. The summed E-state index contributed by atoms with van der Waals surface area (Å²) in [6.45, 7) is 3.88. The molecule has 0 fully saturated rings. The summed E-state index contributed by atoms with van der Waals surface area (Å²) < 4.78 is 20.4. The van der Waals surface area contributed by atoms with Crippen LogP contribution in [0.4, 0.5) is 4.39 Å². The number of thioether (sulfide) groups is 1. The second-order valence-corrected chi connectivity index (χ2v) is 5.76. The molecule has 6 heteroatoms.